The summed E-state index contributed by atoms with van der Waals surface area (Å²) >= 11 is 0. The fourth-order valence-electron chi connectivity index (χ4n) is 2.31. The average molecular weight is 282 g/mol. The predicted molar refractivity (Wildman–Crippen MR) is 87.8 cm³/mol. The lowest BCUT2D eigenvalue weighted by Crippen LogP contribution is -2.18. The molecule has 21 heavy (non-hydrogen) atoms. The zero-order valence-corrected chi connectivity index (χ0v) is 13.0. The molecule has 0 spiro atoms. The van der Waals surface area contributed by atoms with E-state index in [-0.39, 0.29) is 11.9 Å². The van der Waals surface area contributed by atoms with E-state index in [2.05, 4.69) is 17.6 Å². The summed E-state index contributed by atoms with van der Waals surface area (Å²) in [4.78, 5) is 12.5. The van der Waals surface area contributed by atoms with E-state index in [1.807, 2.05) is 63.4 Å². The molecule has 3 heteroatoms. The van der Waals surface area contributed by atoms with Crippen LogP contribution in [0.4, 0.5) is 5.69 Å². The van der Waals surface area contributed by atoms with Gasteiger partial charge in [0.2, 0.25) is 0 Å². The molecule has 1 unspecified atom stereocenters. The molecule has 2 rings (SSSR count). The first-order valence-electron chi connectivity index (χ1n) is 7.17. The van der Waals surface area contributed by atoms with Crippen molar-refractivity contribution in [3.05, 3.63) is 64.7 Å². The lowest BCUT2D eigenvalue weighted by atomic mass is 10.0. The number of anilines is 1. The lowest BCUT2D eigenvalue weighted by Gasteiger charge is -2.17. The number of benzene rings is 2. The van der Waals surface area contributed by atoms with E-state index in [9.17, 15) is 4.79 Å². The van der Waals surface area contributed by atoms with Gasteiger partial charge in [0.15, 0.2) is 0 Å². The van der Waals surface area contributed by atoms with Gasteiger partial charge in [-0.3, -0.25) is 4.79 Å². The van der Waals surface area contributed by atoms with Gasteiger partial charge < -0.3 is 10.6 Å². The summed E-state index contributed by atoms with van der Waals surface area (Å²) in [7, 11) is 1.91. The van der Waals surface area contributed by atoms with E-state index in [4.69, 9.17) is 0 Å². The minimum Gasteiger partial charge on any atom is -0.322 e. The van der Waals surface area contributed by atoms with Crippen molar-refractivity contribution in [2.45, 2.75) is 26.8 Å². The first kappa shape index (κ1) is 15.3. The van der Waals surface area contributed by atoms with Crippen molar-refractivity contribution in [3.8, 4) is 0 Å². The van der Waals surface area contributed by atoms with Crippen LogP contribution in [0.15, 0.2) is 42.5 Å². The average Bonchev–Trinajstić information content (AvgIpc) is 2.49. The van der Waals surface area contributed by atoms with Gasteiger partial charge in [-0.05, 0) is 51.1 Å². The van der Waals surface area contributed by atoms with E-state index in [0.717, 1.165) is 27.9 Å². The van der Waals surface area contributed by atoms with Crippen LogP contribution in [0, 0.1) is 13.8 Å². The Labute approximate surface area is 126 Å². The fraction of sp³-hybridized carbons (Fsp3) is 0.278. The Morgan fingerprint density at radius 3 is 2.52 bits per heavy atom. The molecule has 0 aliphatic rings. The highest BCUT2D eigenvalue weighted by molar-refractivity contribution is 6.05. The van der Waals surface area contributed by atoms with Gasteiger partial charge in [0.25, 0.3) is 5.91 Å². The number of para-hydroxylation sites is 1. The van der Waals surface area contributed by atoms with Crippen molar-refractivity contribution in [1.29, 1.82) is 0 Å². The van der Waals surface area contributed by atoms with Crippen molar-refractivity contribution in [2.24, 2.45) is 0 Å². The van der Waals surface area contributed by atoms with E-state index >= 15 is 0 Å². The van der Waals surface area contributed by atoms with Gasteiger partial charge in [-0.15, -0.1) is 0 Å². The molecule has 2 aromatic rings. The van der Waals surface area contributed by atoms with Crippen LogP contribution in [-0.2, 0) is 0 Å². The van der Waals surface area contributed by atoms with Crippen LogP contribution >= 0.6 is 0 Å². The molecule has 2 N–H and O–H groups in total. The SMILES string of the molecule is CNC(C)c1ccccc1NC(=O)c1cc(C)ccc1C. The third kappa shape index (κ3) is 3.50. The number of nitrogens with one attached hydrogen (secondary N) is 2. The normalized spacial score (nSPS) is 12.0. The Hall–Kier alpha value is -2.13. The summed E-state index contributed by atoms with van der Waals surface area (Å²) < 4.78 is 0. The maximum Gasteiger partial charge on any atom is 0.255 e. The molecule has 2 aromatic carbocycles. The quantitative estimate of drug-likeness (QED) is 0.894. The van der Waals surface area contributed by atoms with E-state index < -0.39 is 0 Å². The van der Waals surface area contributed by atoms with Gasteiger partial charge >= 0.3 is 0 Å². The molecule has 0 aromatic heterocycles. The molecule has 0 aliphatic carbocycles. The van der Waals surface area contributed by atoms with Crippen molar-refractivity contribution in [1.82, 2.24) is 5.32 Å². The Balaban J connectivity index is 2.30. The van der Waals surface area contributed by atoms with E-state index in [1.54, 1.807) is 0 Å². The molecule has 0 radical (unpaired) electrons. The summed E-state index contributed by atoms with van der Waals surface area (Å²) in [5, 5.41) is 6.23. The molecule has 0 saturated carbocycles. The Bertz CT molecular complexity index is 649. The molecule has 110 valence electrons. The maximum absolute atomic E-state index is 12.5. The largest absolute Gasteiger partial charge is 0.322 e. The number of aryl methyl sites for hydroxylation is 2. The third-order valence-electron chi connectivity index (χ3n) is 3.75. The van der Waals surface area contributed by atoms with Crippen molar-refractivity contribution in [3.63, 3.8) is 0 Å². The van der Waals surface area contributed by atoms with Crippen molar-refractivity contribution in [2.75, 3.05) is 12.4 Å². The van der Waals surface area contributed by atoms with Gasteiger partial charge in [-0.25, -0.2) is 0 Å². The highest BCUT2D eigenvalue weighted by Gasteiger charge is 2.13. The smallest absolute Gasteiger partial charge is 0.255 e. The molecule has 1 atom stereocenters. The molecule has 0 fully saturated rings. The van der Waals surface area contributed by atoms with Gasteiger partial charge in [0.05, 0.1) is 0 Å². The summed E-state index contributed by atoms with van der Waals surface area (Å²) in [6.45, 7) is 6.02. The molecule has 1 amide bonds. The third-order valence-corrected chi connectivity index (χ3v) is 3.75. The summed E-state index contributed by atoms with van der Waals surface area (Å²) in [6.07, 6.45) is 0. The highest BCUT2D eigenvalue weighted by atomic mass is 16.1. The maximum atomic E-state index is 12.5. The Morgan fingerprint density at radius 1 is 1.10 bits per heavy atom. The van der Waals surface area contributed by atoms with Crippen LogP contribution in [-0.4, -0.2) is 13.0 Å². The lowest BCUT2D eigenvalue weighted by molar-refractivity contribution is 0.102. The molecule has 0 aliphatic heterocycles. The summed E-state index contributed by atoms with van der Waals surface area (Å²) in [6, 6.07) is 14.0. The van der Waals surface area contributed by atoms with Crippen molar-refractivity contribution < 1.29 is 4.79 Å². The van der Waals surface area contributed by atoms with Crippen LogP contribution in [0.1, 0.15) is 40.0 Å². The Morgan fingerprint density at radius 2 is 1.81 bits per heavy atom. The Kier molecular flexibility index (Phi) is 4.76. The molecule has 0 bridgehead atoms. The molecule has 0 heterocycles. The molecule has 0 saturated heterocycles. The minimum absolute atomic E-state index is 0.0630. The highest BCUT2D eigenvalue weighted by Crippen LogP contribution is 2.23. The monoisotopic (exact) mass is 282 g/mol. The van der Waals surface area contributed by atoms with Crippen LogP contribution in [0.5, 0.6) is 0 Å². The fourth-order valence-corrected chi connectivity index (χ4v) is 2.31. The van der Waals surface area contributed by atoms with Gasteiger partial charge in [-0.2, -0.15) is 0 Å². The molecule has 3 nitrogen and oxygen atoms in total. The number of carbonyl (C=O) groups excluding carboxylic acids is 1. The zero-order valence-electron chi connectivity index (χ0n) is 13.0. The van der Waals surface area contributed by atoms with E-state index in [0.29, 0.717) is 0 Å². The second-order valence-corrected chi connectivity index (χ2v) is 5.37. The van der Waals surface area contributed by atoms with Crippen LogP contribution in [0.2, 0.25) is 0 Å². The van der Waals surface area contributed by atoms with E-state index in [1.165, 1.54) is 0 Å². The summed E-state index contributed by atoms with van der Waals surface area (Å²) in [5.41, 5.74) is 4.73. The van der Waals surface area contributed by atoms with Crippen LogP contribution < -0.4 is 10.6 Å². The molecular formula is C18H22N2O. The predicted octanol–water partition coefficient (Wildman–Crippen LogP) is 3.84. The number of amides is 1. The molecular weight excluding hydrogens is 260 g/mol. The van der Waals surface area contributed by atoms with Gasteiger partial charge in [-0.1, -0.05) is 35.9 Å². The summed E-state index contributed by atoms with van der Waals surface area (Å²) in [5.74, 6) is -0.0630. The van der Waals surface area contributed by atoms with Gasteiger partial charge in [0, 0.05) is 17.3 Å². The van der Waals surface area contributed by atoms with Crippen molar-refractivity contribution >= 4 is 11.6 Å². The van der Waals surface area contributed by atoms with Crippen LogP contribution in [0.25, 0.3) is 0 Å². The van der Waals surface area contributed by atoms with Gasteiger partial charge in [0.1, 0.15) is 0 Å². The number of hydrogen-bond donors (Lipinski definition) is 2. The number of rotatable bonds is 4. The number of carbonyl (C=O) groups is 1. The minimum atomic E-state index is -0.0630. The second kappa shape index (κ2) is 6.55. The first-order valence-corrected chi connectivity index (χ1v) is 7.17. The van der Waals surface area contributed by atoms with Crippen LogP contribution in [0.3, 0.4) is 0 Å². The zero-order chi connectivity index (χ0) is 15.4. The topological polar surface area (TPSA) is 41.1 Å². The standard InChI is InChI=1S/C18H22N2O/c1-12-9-10-13(2)16(11-12)18(21)20-17-8-6-5-7-15(17)14(3)19-4/h5-11,14,19H,1-4H3,(H,20,21). The first-order chi connectivity index (χ1) is 10.0. The number of hydrogen-bond acceptors (Lipinski definition) is 2. The second-order valence-electron chi connectivity index (χ2n) is 5.37.